The molecule has 110 valence electrons. The molecular weight excluding hydrogens is 274 g/mol. The Morgan fingerprint density at radius 3 is 2.23 bits per heavy atom. The van der Waals surface area contributed by atoms with E-state index in [0.717, 1.165) is 22.7 Å². The SMILES string of the molecule is Oc1cccc(CNc2ccc(Oc3ccccc3)cc2)c1. The Balaban J connectivity index is 1.60. The summed E-state index contributed by atoms with van der Waals surface area (Å²) >= 11 is 0. The van der Waals surface area contributed by atoms with Gasteiger partial charge in [0, 0.05) is 12.2 Å². The summed E-state index contributed by atoms with van der Waals surface area (Å²) < 4.78 is 5.75. The van der Waals surface area contributed by atoms with Crippen molar-refractivity contribution >= 4 is 5.69 Å². The average Bonchev–Trinajstić information content (AvgIpc) is 2.55. The summed E-state index contributed by atoms with van der Waals surface area (Å²) in [6, 6.07) is 24.7. The van der Waals surface area contributed by atoms with Gasteiger partial charge >= 0.3 is 0 Å². The van der Waals surface area contributed by atoms with Crippen LogP contribution in [0.5, 0.6) is 17.2 Å². The van der Waals surface area contributed by atoms with Gasteiger partial charge in [-0.25, -0.2) is 0 Å². The second kappa shape index (κ2) is 6.68. The number of aromatic hydroxyl groups is 1. The number of anilines is 1. The quantitative estimate of drug-likeness (QED) is 0.709. The van der Waals surface area contributed by atoms with E-state index in [1.165, 1.54) is 0 Å². The van der Waals surface area contributed by atoms with Gasteiger partial charge in [0.05, 0.1) is 0 Å². The van der Waals surface area contributed by atoms with E-state index in [1.54, 1.807) is 12.1 Å². The maximum atomic E-state index is 9.44. The van der Waals surface area contributed by atoms with Crippen LogP contribution in [0.3, 0.4) is 0 Å². The number of phenols is 1. The van der Waals surface area contributed by atoms with Crippen LogP contribution in [0, 0.1) is 0 Å². The first-order valence-corrected chi connectivity index (χ1v) is 7.14. The van der Waals surface area contributed by atoms with Crippen LogP contribution in [-0.2, 0) is 6.54 Å². The van der Waals surface area contributed by atoms with Crippen molar-refractivity contribution in [2.75, 3.05) is 5.32 Å². The van der Waals surface area contributed by atoms with Crippen LogP contribution in [0.15, 0.2) is 78.9 Å². The van der Waals surface area contributed by atoms with E-state index in [4.69, 9.17) is 4.74 Å². The fourth-order valence-corrected chi connectivity index (χ4v) is 2.14. The molecule has 0 saturated carbocycles. The molecule has 0 aliphatic rings. The fourth-order valence-electron chi connectivity index (χ4n) is 2.14. The number of para-hydroxylation sites is 1. The summed E-state index contributed by atoms with van der Waals surface area (Å²) in [5.74, 6) is 1.91. The zero-order valence-electron chi connectivity index (χ0n) is 12.1. The number of nitrogens with one attached hydrogen (secondary N) is 1. The van der Waals surface area contributed by atoms with Crippen molar-refractivity contribution in [2.24, 2.45) is 0 Å². The lowest BCUT2D eigenvalue weighted by Crippen LogP contribution is -1.98. The molecule has 2 N–H and O–H groups in total. The monoisotopic (exact) mass is 291 g/mol. The number of hydrogen-bond acceptors (Lipinski definition) is 3. The Kier molecular flexibility index (Phi) is 4.25. The molecule has 0 aliphatic carbocycles. The molecule has 3 aromatic carbocycles. The van der Waals surface area contributed by atoms with Gasteiger partial charge < -0.3 is 15.2 Å². The third-order valence-corrected chi connectivity index (χ3v) is 3.24. The molecule has 3 heteroatoms. The molecule has 0 heterocycles. The Morgan fingerprint density at radius 1 is 0.773 bits per heavy atom. The highest BCUT2D eigenvalue weighted by atomic mass is 16.5. The zero-order valence-corrected chi connectivity index (χ0v) is 12.1. The maximum absolute atomic E-state index is 9.44. The molecular formula is C19H17NO2. The zero-order chi connectivity index (χ0) is 15.2. The second-order valence-electron chi connectivity index (χ2n) is 4.96. The summed E-state index contributed by atoms with van der Waals surface area (Å²) in [4.78, 5) is 0. The molecule has 0 amide bonds. The van der Waals surface area contributed by atoms with Gasteiger partial charge in [-0.05, 0) is 54.1 Å². The minimum absolute atomic E-state index is 0.283. The minimum Gasteiger partial charge on any atom is -0.508 e. The van der Waals surface area contributed by atoms with Crippen molar-refractivity contribution < 1.29 is 9.84 Å². The van der Waals surface area contributed by atoms with E-state index in [9.17, 15) is 5.11 Å². The average molecular weight is 291 g/mol. The third kappa shape index (κ3) is 3.79. The first kappa shape index (κ1) is 14.0. The molecule has 0 spiro atoms. The number of ether oxygens (including phenoxy) is 1. The van der Waals surface area contributed by atoms with Gasteiger partial charge in [0.15, 0.2) is 0 Å². The van der Waals surface area contributed by atoms with Crippen LogP contribution < -0.4 is 10.1 Å². The van der Waals surface area contributed by atoms with Gasteiger partial charge in [-0.3, -0.25) is 0 Å². The Labute approximate surface area is 129 Å². The smallest absolute Gasteiger partial charge is 0.127 e. The van der Waals surface area contributed by atoms with Gasteiger partial charge in [0.1, 0.15) is 17.2 Å². The van der Waals surface area contributed by atoms with Gasteiger partial charge in [0.25, 0.3) is 0 Å². The molecule has 3 aromatic rings. The van der Waals surface area contributed by atoms with Crippen molar-refractivity contribution in [2.45, 2.75) is 6.54 Å². The largest absolute Gasteiger partial charge is 0.508 e. The van der Waals surface area contributed by atoms with Crippen LogP contribution in [-0.4, -0.2) is 5.11 Å². The molecule has 0 fully saturated rings. The van der Waals surface area contributed by atoms with E-state index in [-0.39, 0.29) is 5.75 Å². The predicted octanol–water partition coefficient (Wildman–Crippen LogP) is 4.80. The van der Waals surface area contributed by atoms with E-state index < -0.39 is 0 Å². The fraction of sp³-hybridized carbons (Fsp3) is 0.0526. The molecule has 22 heavy (non-hydrogen) atoms. The molecule has 0 unspecified atom stereocenters. The van der Waals surface area contributed by atoms with Crippen molar-refractivity contribution in [1.29, 1.82) is 0 Å². The number of rotatable bonds is 5. The summed E-state index contributed by atoms with van der Waals surface area (Å²) in [5.41, 5.74) is 2.04. The molecule has 0 saturated heterocycles. The van der Waals surface area contributed by atoms with Crippen LogP contribution in [0.1, 0.15) is 5.56 Å². The molecule has 3 rings (SSSR count). The predicted molar refractivity (Wildman–Crippen MR) is 88.4 cm³/mol. The number of hydrogen-bond donors (Lipinski definition) is 2. The van der Waals surface area contributed by atoms with Gasteiger partial charge in [0.2, 0.25) is 0 Å². The van der Waals surface area contributed by atoms with Crippen LogP contribution in [0.4, 0.5) is 5.69 Å². The van der Waals surface area contributed by atoms with E-state index in [2.05, 4.69) is 5.32 Å². The topological polar surface area (TPSA) is 41.5 Å². The highest BCUT2D eigenvalue weighted by Crippen LogP contribution is 2.23. The summed E-state index contributed by atoms with van der Waals surface area (Å²) in [6.45, 7) is 0.660. The molecule has 0 aromatic heterocycles. The van der Waals surface area contributed by atoms with Gasteiger partial charge in [-0.1, -0.05) is 30.3 Å². The first-order chi connectivity index (χ1) is 10.8. The summed E-state index contributed by atoms with van der Waals surface area (Å²) in [6.07, 6.45) is 0. The third-order valence-electron chi connectivity index (χ3n) is 3.24. The normalized spacial score (nSPS) is 10.2. The van der Waals surface area contributed by atoms with E-state index >= 15 is 0 Å². The lowest BCUT2D eigenvalue weighted by molar-refractivity contribution is 0.474. The van der Waals surface area contributed by atoms with Crippen molar-refractivity contribution in [1.82, 2.24) is 0 Å². The Hall–Kier alpha value is -2.94. The van der Waals surface area contributed by atoms with Crippen molar-refractivity contribution in [3.05, 3.63) is 84.4 Å². The van der Waals surface area contributed by atoms with Crippen LogP contribution >= 0.6 is 0 Å². The lowest BCUT2D eigenvalue weighted by Gasteiger charge is -2.09. The standard InChI is InChI=1S/C19H17NO2/c21-17-6-4-5-15(13-17)14-20-16-9-11-19(12-10-16)22-18-7-2-1-3-8-18/h1-13,20-21H,14H2. The molecule has 3 nitrogen and oxygen atoms in total. The van der Waals surface area contributed by atoms with E-state index in [1.807, 2.05) is 66.7 Å². The van der Waals surface area contributed by atoms with Crippen LogP contribution in [0.25, 0.3) is 0 Å². The minimum atomic E-state index is 0.283. The molecule has 0 radical (unpaired) electrons. The number of benzene rings is 3. The summed E-state index contributed by atoms with van der Waals surface area (Å²) in [7, 11) is 0. The van der Waals surface area contributed by atoms with Gasteiger partial charge in [-0.15, -0.1) is 0 Å². The second-order valence-corrected chi connectivity index (χ2v) is 4.96. The molecule has 0 bridgehead atoms. The van der Waals surface area contributed by atoms with Crippen molar-refractivity contribution in [3.8, 4) is 17.2 Å². The first-order valence-electron chi connectivity index (χ1n) is 7.14. The van der Waals surface area contributed by atoms with Crippen LogP contribution in [0.2, 0.25) is 0 Å². The lowest BCUT2D eigenvalue weighted by atomic mass is 10.2. The molecule has 0 aliphatic heterocycles. The van der Waals surface area contributed by atoms with Gasteiger partial charge in [-0.2, -0.15) is 0 Å². The Morgan fingerprint density at radius 2 is 1.50 bits per heavy atom. The maximum Gasteiger partial charge on any atom is 0.127 e. The number of phenolic OH excluding ortho intramolecular Hbond substituents is 1. The van der Waals surface area contributed by atoms with Crippen molar-refractivity contribution in [3.63, 3.8) is 0 Å². The highest BCUT2D eigenvalue weighted by molar-refractivity contribution is 5.47. The Bertz CT molecular complexity index is 724. The highest BCUT2D eigenvalue weighted by Gasteiger charge is 1.98. The molecule has 0 atom stereocenters. The van der Waals surface area contributed by atoms with E-state index in [0.29, 0.717) is 6.54 Å². The summed E-state index contributed by atoms with van der Waals surface area (Å²) in [5, 5.41) is 12.8.